The Kier molecular flexibility index (Phi) is 4.45. The maximum atomic E-state index is 12.1. The van der Waals surface area contributed by atoms with Gasteiger partial charge >= 0.3 is 6.09 Å². The van der Waals surface area contributed by atoms with Crippen LogP contribution in [0.2, 0.25) is 0 Å². The van der Waals surface area contributed by atoms with Gasteiger partial charge < -0.3 is 19.4 Å². The first-order chi connectivity index (χ1) is 8.58. The molecule has 1 amide bonds. The topological polar surface area (TPSA) is 36.0 Å². The molecule has 1 saturated carbocycles. The molecule has 1 aliphatic carbocycles. The standard InChI is InChI=1S/C13H25N3O2/c1-14(2)11-5-4-6-12(11)18-13(17)16-9-7-15(3)8-10-16/h11-12H,4-10H2,1-3H3. The molecule has 1 saturated heterocycles. The summed E-state index contributed by atoms with van der Waals surface area (Å²) in [6.45, 7) is 3.46. The first-order valence-electron chi connectivity index (χ1n) is 6.88. The highest BCUT2D eigenvalue weighted by molar-refractivity contribution is 5.68. The fourth-order valence-corrected chi connectivity index (χ4v) is 2.83. The summed E-state index contributed by atoms with van der Waals surface area (Å²) in [5.41, 5.74) is 0. The second kappa shape index (κ2) is 5.89. The van der Waals surface area contributed by atoms with Crippen LogP contribution in [-0.2, 0) is 4.74 Å². The van der Waals surface area contributed by atoms with Crippen LogP contribution in [0.15, 0.2) is 0 Å². The number of likely N-dealkylation sites (N-methyl/N-ethyl adjacent to an activating group) is 2. The highest BCUT2D eigenvalue weighted by atomic mass is 16.6. The fourth-order valence-electron chi connectivity index (χ4n) is 2.83. The van der Waals surface area contributed by atoms with Crippen molar-refractivity contribution in [2.75, 3.05) is 47.3 Å². The lowest BCUT2D eigenvalue weighted by molar-refractivity contribution is 0.0264. The number of amides is 1. The molecule has 1 aliphatic heterocycles. The van der Waals surface area contributed by atoms with Crippen LogP contribution < -0.4 is 0 Å². The van der Waals surface area contributed by atoms with Crippen molar-refractivity contribution in [3.63, 3.8) is 0 Å². The monoisotopic (exact) mass is 255 g/mol. The highest BCUT2D eigenvalue weighted by Gasteiger charge is 2.33. The minimum Gasteiger partial charge on any atom is -0.444 e. The normalized spacial score (nSPS) is 29.9. The number of carbonyl (C=O) groups is 1. The Morgan fingerprint density at radius 3 is 2.44 bits per heavy atom. The molecular formula is C13H25N3O2. The summed E-state index contributed by atoms with van der Waals surface area (Å²) < 4.78 is 5.69. The van der Waals surface area contributed by atoms with Crippen LogP contribution in [0.25, 0.3) is 0 Å². The smallest absolute Gasteiger partial charge is 0.410 e. The molecule has 1 heterocycles. The van der Waals surface area contributed by atoms with Gasteiger partial charge in [-0.15, -0.1) is 0 Å². The molecule has 18 heavy (non-hydrogen) atoms. The van der Waals surface area contributed by atoms with E-state index in [2.05, 4.69) is 30.9 Å². The fraction of sp³-hybridized carbons (Fsp3) is 0.923. The molecular weight excluding hydrogens is 230 g/mol. The number of hydrogen-bond acceptors (Lipinski definition) is 4. The quantitative estimate of drug-likeness (QED) is 0.733. The van der Waals surface area contributed by atoms with Crippen molar-refractivity contribution in [1.82, 2.24) is 14.7 Å². The summed E-state index contributed by atoms with van der Waals surface area (Å²) in [5.74, 6) is 0. The molecule has 2 fully saturated rings. The Morgan fingerprint density at radius 2 is 1.83 bits per heavy atom. The summed E-state index contributed by atoms with van der Waals surface area (Å²) in [4.78, 5) is 18.3. The predicted molar refractivity (Wildman–Crippen MR) is 70.7 cm³/mol. The Labute approximate surface area is 110 Å². The number of ether oxygens (including phenoxy) is 1. The molecule has 5 heteroatoms. The van der Waals surface area contributed by atoms with Gasteiger partial charge in [-0.3, -0.25) is 0 Å². The van der Waals surface area contributed by atoms with Gasteiger partial charge in [-0.05, 0) is 40.4 Å². The lowest BCUT2D eigenvalue weighted by Gasteiger charge is -2.33. The Hall–Kier alpha value is -0.810. The molecule has 0 aromatic rings. The van der Waals surface area contributed by atoms with Crippen LogP contribution in [0.5, 0.6) is 0 Å². The summed E-state index contributed by atoms with van der Waals surface area (Å²) in [6.07, 6.45) is 3.24. The summed E-state index contributed by atoms with van der Waals surface area (Å²) in [5, 5.41) is 0. The number of rotatable bonds is 2. The van der Waals surface area contributed by atoms with E-state index in [-0.39, 0.29) is 12.2 Å². The lowest BCUT2D eigenvalue weighted by Crippen LogP contribution is -2.49. The minimum absolute atomic E-state index is 0.0761. The second-order valence-corrected chi connectivity index (χ2v) is 5.67. The van der Waals surface area contributed by atoms with E-state index in [0.717, 1.165) is 45.4 Å². The Bertz CT molecular complexity index is 288. The van der Waals surface area contributed by atoms with Crippen molar-refractivity contribution in [3.05, 3.63) is 0 Å². The molecule has 0 spiro atoms. The molecule has 0 radical (unpaired) electrons. The van der Waals surface area contributed by atoms with E-state index in [0.29, 0.717) is 6.04 Å². The first kappa shape index (κ1) is 13.6. The Balaban J connectivity index is 1.83. The van der Waals surface area contributed by atoms with Gasteiger partial charge in [0.15, 0.2) is 0 Å². The molecule has 2 aliphatic rings. The first-order valence-corrected chi connectivity index (χ1v) is 6.88. The van der Waals surface area contributed by atoms with Gasteiger partial charge in [0.05, 0.1) is 0 Å². The van der Waals surface area contributed by atoms with Gasteiger partial charge in [0, 0.05) is 32.2 Å². The van der Waals surface area contributed by atoms with Gasteiger partial charge in [0.25, 0.3) is 0 Å². The van der Waals surface area contributed by atoms with Crippen LogP contribution >= 0.6 is 0 Å². The van der Waals surface area contributed by atoms with Gasteiger partial charge in [-0.25, -0.2) is 4.79 Å². The van der Waals surface area contributed by atoms with Crippen LogP contribution in [0.1, 0.15) is 19.3 Å². The number of carbonyl (C=O) groups excluding carboxylic acids is 1. The number of piperazine rings is 1. The van der Waals surface area contributed by atoms with Crippen LogP contribution in [0.3, 0.4) is 0 Å². The average Bonchev–Trinajstić information content (AvgIpc) is 2.78. The Morgan fingerprint density at radius 1 is 1.17 bits per heavy atom. The van der Waals surface area contributed by atoms with Crippen molar-refractivity contribution >= 4 is 6.09 Å². The zero-order chi connectivity index (χ0) is 13.1. The van der Waals surface area contributed by atoms with Gasteiger partial charge in [0.1, 0.15) is 6.10 Å². The number of nitrogens with zero attached hydrogens (tertiary/aromatic N) is 3. The molecule has 5 nitrogen and oxygen atoms in total. The van der Waals surface area contributed by atoms with Crippen molar-refractivity contribution in [3.8, 4) is 0 Å². The van der Waals surface area contributed by atoms with Crippen LogP contribution in [0, 0.1) is 0 Å². The zero-order valence-electron chi connectivity index (χ0n) is 11.8. The highest BCUT2D eigenvalue weighted by Crippen LogP contribution is 2.26. The molecule has 0 bridgehead atoms. The molecule has 2 rings (SSSR count). The molecule has 0 aromatic heterocycles. The van der Waals surface area contributed by atoms with Crippen molar-refractivity contribution in [1.29, 1.82) is 0 Å². The van der Waals surface area contributed by atoms with Crippen LogP contribution in [0.4, 0.5) is 4.79 Å². The third kappa shape index (κ3) is 3.14. The molecule has 2 atom stereocenters. The summed E-state index contributed by atoms with van der Waals surface area (Å²) >= 11 is 0. The van der Waals surface area contributed by atoms with Crippen molar-refractivity contribution in [2.24, 2.45) is 0 Å². The third-order valence-electron chi connectivity index (χ3n) is 4.09. The van der Waals surface area contributed by atoms with E-state index in [1.807, 2.05) is 4.90 Å². The SMILES string of the molecule is CN1CCN(C(=O)OC2CCCC2N(C)C)CC1. The summed E-state index contributed by atoms with van der Waals surface area (Å²) in [7, 11) is 6.21. The number of hydrogen-bond donors (Lipinski definition) is 0. The van der Waals surface area contributed by atoms with E-state index >= 15 is 0 Å². The maximum absolute atomic E-state index is 12.1. The maximum Gasteiger partial charge on any atom is 0.410 e. The van der Waals surface area contributed by atoms with Gasteiger partial charge in [-0.1, -0.05) is 0 Å². The van der Waals surface area contributed by atoms with Crippen molar-refractivity contribution < 1.29 is 9.53 Å². The van der Waals surface area contributed by atoms with E-state index in [9.17, 15) is 4.79 Å². The molecule has 0 N–H and O–H groups in total. The minimum atomic E-state index is -0.123. The molecule has 0 aromatic carbocycles. The molecule has 2 unspecified atom stereocenters. The molecule has 104 valence electrons. The van der Waals surface area contributed by atoms with E-state index in [1.165, 1.54) is 0 Å². The zero-order valence-corrected chi connectivity index (χ0v) is 11.8. The second-order valence-electron chi connectivity index (χ2n) is 5.67. The van der Waals surface area contributed by atoms with Crippen molar-refractivity contribution in [2.45, 2.75) is 31.4 Å². The van der Waals surface area contributed by atoms with E-state index in [1.54, 1.807) is 0 Å². The summed E-state index contributed by atoms with van der Waals surface area (Å²) in [6, 6.07) is 0.390. The van der Waals surface area contributed by atoms with Crippen LogP contribution in [-0.4, -0.2) is 80.3 Å². The third-order valence-corrected chi connectivity index (χ3v) is 4.09. The van der Waals surface area contributed by atoms with Gasteiger partial charge in [0.2, 0.25) is 0 Å². The predicted octanol–water partition coefficient (Wildman–Crippen LogP) is 0.853. The van der Waals surface area contributed by atoms with Gasteiger partial charge in [-0.2, -0.15) is 0 Å². The van der Waals surface area contributed by atoms with E-state index in [4.69, 9.17) is 4.74 Å². The average molecular weight is 255 g/mol. The lowest BCUT2D eigenvalue weighted by atomic mass is 10.2. The van der Waals surface area contributed by atoms with E-state index < -0.39 is 0 Å². The largest absolute Gasteiger partial charge is 0.444 e.